The Balaban J connectivity index is 0.00000208. The lowest BCUT2D eigenvalue weighted by atomic mass is 9.89. The minimum absolute atomic E-state index is 0. The zero-order chi connectivity index (χ0) is 16.2. The molecular formula is C17H23ClN4OS. The number of benzene rings is 1. The van der Waals surface area contributed by atoms with Crippen LogP contribution in [0.25, 0.3) is 0 Å². The number of hydrogen-bond acceptors (Lipinski definition) is 5. The Morgan fingerprint density at radius 3 is 2.75 bits per heavy atom. The summed E-state index contributed by atoms with van der Waals surface area (Å²) < 4.78 is 0. The molecule has 2 heterocycles. The third kappa shape index (κ3) is 4.54. The van der Waals surface area contributed by atoms with Gasteiger partial charge in [-0.15, -0.1) is 23.7 Å². The number of rotatable bonds is 5. The predicted octanol–water partition coefficient (Wildman–Crippen LogP) is 2.49. The van der Waals surface area contributed by atoms with Gasteiger partial charge in [-0.05, 0) is 24.9 Å². The van der Waals surface area contributed by atoms with Crippen LogP contribution < -0.4 is 11.1 Å². The van der Waals surface area contributed by atoms with Crippen molar-refractivity contribution in [3.8, 4) is 0 Å². The van der Waals surface area contributed by atoms with E-state index in [0.717, 1.165) is 18.8 Å². The van der Waals surface area contributed by atoms with Crippen LogP contribution >= 0.6 is 23.7 Å². The number of nitrogens with zero attached hydrogens (tertiary/aromatic N) is 2. The second kappa shape index (κ2) is 8.58. The molecule has 1 amide bonds. The lowest BCUT2D eigenvalue weighted by molar-refractivity contribution is -0.117. The molecule has 1 aromatic heterocycles. The van der Waals surface area contributed by atoms with Gasteiger partial charge in [0.05, 0.1) is 12.2 Å². The number of aryl methyl sites for hydroxylation is 1. The van der Waals surface area contributed by atoms with Crippen LogP contribution in [0, 0.1) is 12.8 Å². The predicted molar refractivity (Wildman–Crippen MR) is 101 cm³/mol. The summed E-state index contributed by atoms with van der Waals surface area (Å²) in [6.45, 7) is 4.68. The summed E-state index contributed by atoms with van der Waals surface area (Å²) in [6, 6.07) is 10.4. The van der Waals surface area contributed by atoms with Crippen molar-refractivity contribution in [2.75, 3.05) is 31.5 Å². The highest BCUT2D eigenvalue weighted by atomic mass is 35.5. The minimum atomic E-state index is -0.0103. The Kier molecular flexibility index (Phi) is 6.74. The lowest BCUT2D eigenvalue weighted by Crippen LogP contribution is -2.32. The fourth-order valence-electron chi connectivity index (χ4n) is 3.18. The Bertz CT molecular complexity index is 664. The summed E-state index contributed by atoms with van der Waals surface area (Å²) in [5.41, 5.74) is 8.18. The van der Waals surface area contributed by atoms with Crippen LogP contribution in [0.5, 0.6) is 0 Å². The van der Waals surface area contributed by atoms with Gasteiger partial charge in [0.1, 0.15) is 0 Å². The second-order valence-electron chi connectivity index (χ2n) is 6.05. The molecule has 0 saturated carbocycles. The lowest BCUT2D eigenvalue weighted by Gasteiger charge is -2.16. The molecular weight excluding hydrogens is 344 g/mol. The fourth-order valence-corrected chi connectivity index (χ4v) is 3.88. The van der Waals surface area contributed by atoms with Crippen molar-refractivity contribution in [3.05, 3.63) is 47.0 Å². The Morgan fingerprint density at radius 2 is 2.12 bits per heavy atom. The number of aromatic nitrogens is 1. The van der Waals surface area contributed by atoms with E-state index in [9.17, 15) is 4.79 Å². The van der Waals surface area contributed by atoms with E-state index in [2.05, 4.69) is 39.5 Å². The molecule has 1 aromatic carbocycles. The van der Waals surface area contributed by atoms with Gasteiger partial charge >= 0.3 is 0 Å². The van der Waals surface area contributed by atoms with E-state index in [1.54, 1.807) is 0 Å². The van der Waals surface area contributed by atoms with Gasteiger partial charge < -0.3 is 11.1 Å². The maximum atomic E-state index is 12.2. The van der Waals surface area contributed by atoms with E-state index in [1.807, 2.05) is 18.4 Å². The molecule has 0 bridgehead atoms. The van der Waals surface area contributed by atoms with Crippen molar-refractivity contribution in [1.82, 2.24) is 9.88 Å². The van der Waals surface area contributed by atoms with Crippen molar-refractivity contribution in [2.24, 2.45) is 11.7 Å². The molecule has 2 aromatic rings. The van der Waals surface area contributed by atoms with Crippen molar-refractivity contribution >= 4 is 34.8 Å². The minimum Gasteiger partial charge on any atom is -0.330 e. The normalized spacial score (nSPS) is 20.6. The quantitative estimate of drug-likeness (QED) is 0.852. The number of amides is 1. The molecule has 1 aliphatic heterocycles. The first-order valence-corrected chi connectivity index (χ1v) is 8.73. The zero-order valence-corrected chi connectivity index (χ0v) is 15.3. The summed E-state index contributed by atoms with van der Waals surface area (Å²) >= 11 is 1.46. The molecule has 0 radical (unpaired) electrons. The SMILES string of the molecule is Cc1csc(NC(=O)CN2C[C@@H](CN)[C@H](c3ccccc3)C2)n1.Cl. The van der Waals surface area contributed by atoms with Gasteiger partial charge in [-0.3, -0.25) is 9.69 Å². The number of nitrogens with two attached hydrogens (primary N) is 1. The molecule has 0 spiro atoms. The number of likely N-dealkylation sites (tertiary alicyclic amines) is 1. The zero-order valence-electron chi connectivity index (χ0n) is 13.6. The molecule has 7 heteroatoms. The molecule has 24 heavy (non-hydrogen) atoms. The molecule has 3 rings (SSSR count). The number of nitrogens with one attached hydrogen (secondary N) is 1. The Hall–Kier alpha value is -1.47. The molecule has 2 atom stereocenters. The van der Waals surface area contributed by atoms with Gasteiger partial charge in [0.2, 0.25) is 5.91 Å². The van der Waals surface area contributed by atoms with Crippen LogP contribution in [0.1, 0.15) is 17.2 Å². The number of anilines is 1. The van der Waals surface area contributed by atoms with E-state index < -0.39 is 0 Å². The van der Waals surface area contributed by atoms with Crippen molar-refractivity contribution in [2.45, 2.75) is 12.8 Å². The Morgan fingerprint density at radius 1 is 1.38 bits per heavy atom. The number of hydrogen-bond donors (Lipinski definition) is 2. The van der Waals surface area contributed by atoms with E-state index in [-0.39, 0.29) is 18.3 Å². The van der Waals surface area contributed by atoms with Gasteiger partial charge in [0.15, 0.2) is 5.13 Å². The van der Waals surface area contributed by atoms with Crippen LogP contribution in [0.2, 0.25) is 0 Å². The first kappa shape index (κ1) is 18.9. The van der Waals surface area contributed by atoms with Crippen LogP contribution in [-0.2, 0) is 4.79 Å². The standard InChI is InChI=1S/C17H22N4OS.ClH/c1-12-11-23-17(19-12)20-16(22)10-21-8-14(7-18)15(9-21)13-5-3-2-4-6-13;/h2-6,11,14-15H,7-10,18H2,1H3,(H,19,20,22);1H/t14-,15+;/m1./s1. The number of carbonyl (C=O) groups excluding carboxylic acids is 1. The molecule has 5 nitrogen and oxygen atoms in total. The van der Waals surface area contributed by atoms with Gasteiger partial charge in [0, 0.05) is 24.4 Å². The average Bonchev–Trinajstić information content (AvgIpc) is 3.14. The van der Waals surface area contributed by atoms with Crippen molar-refractivity contribution in [1.29, 1.82) is 0 Å². The first-order valence-electron chi connectivity index (χ1n) is 7.85. The van der Waals surface area contributed by atoms with Crippen LogP contribution in [-0.4, -0.2) is 42.0 Å². The highest BCUT2D eigenvalue weighted by molar-refractivity contribution is 7.13. The molecule has 0 aliphatic carbocycles. The molecule has 1 aliphatic rings. The summed E-state index contributed by atoms with van der Waals surface area (Å²) in [5, 5.41) is 5.47. The number of halogens is 1. The molecule has 1 fully saturated rings. The third-order valence-electron chi connectivity index (χ3n) is 4.28. The average molecular weight is 367 g/mol. The summed E-state index contributed by atoms with van der Waals surface area (Å²) in [5.74, 6) is 0.784. The summed E-state index contributed by atoms with van der Waals surface area (Å²) in [6.07, 6.45) is 0. The number of carbonyl (C=O) groups is 1. The highest BCUT2D eigenvalue weighted by Gasteiger charge is 2.33. The molecule has 1 saturated heterocycles. The number of thiazole rings is 1. The largest absolute Gasteiger partial charge is 0.330 e. The highest BCUT2D eigenvalue weighted by Crippen LogP contribution is 2.31. The van der Waals surface area contributed by atoms with E-state index in [0.29, 0.717) is 30.1 Å². The van der Waals surface area contributed by atoms with Crippen molar-refractivity contribution in [3.63, 3.8) is 0 Å². The third-order valence-corrected chi connectivity index (χ3v) is 5.16. The molecule has 130 valence electrons. The topological polar surface area (TPSA) is 71.2 Å². The fraction of sp³-hybridized carbons (Fsp3) is 0.412. The second-order valence-corrected chi connectivity index (χ2v) is 6.91. The molecule has 0 unspecified atom stereocenters. The first-order chi connectivity index (χ1) is 11.2. The van der Waals surface area contributed by atoms with Crippen molar-refractivity contribution < 1.29 is 4.79 Å². The monoisotopic (exact) mass is 366 g/mol. The summed E-state index contributed by atoms with van der Waals surface area (Å²) in [7, 11) is 0. The maximum Gasteiger partial charge on any atom is 0.240 e. The maximum absolute atomic E-state index is 12.2. The van der Waals surface area contributed by atoms with Gasteiger partial charge in [-0.2, -0.15) is 0 Å². The van der Waals surface area contributed by atoms with Crippen LogP contribution in [0.4, 0.5) is 5.13 Å². The van der Waals surface area contributed by atoms with Gasteiger partial charge in [0.25, 0.3) is 0 Å². The van der Waals surface area contributed by atoms with Gasteiger partial charge in [-0.25, -0.2) is 4.98 Å². The Labute approximate surface area is 152 Å². The smallest absolute Gasteiger partial charge is 0.240 e. The van der Waals surface area contributed by atoms with E-state index >= 15 is 0 Å². The van der Waals surface area contributed by atoms with Crippen LogP contribution in [0.15, 0.2) is 35.7 Å². The van der Waals surface area contributed by atoms with Crippen LogP contribution in [0.3, 0.4) is 0 Å². The van der Waals surface area contributed by atoms with E-state index in [4.69, 9.17) is 5.73 Å². The summed E-state index contributed by atoms with van der Waals surface area (Å²) in [4.78, 5) is 18.7. The molecule has 3 N–H and O–H groups in total. The van der Waals surface area contributed by atoms with E-state index in [1.165, 1.54) is 16.9 Å². The van der Waals surface area contributed by atoms with Gasteiger partial charge in [-0.1, -0.05) is 30.3 Å².